The lowest BCUT2D eigenvalue weighted by atomic mass is 9.96. The molecule has 0 aliphatic carbocycles. The number of imide groups is 2. The molecule has 0 saturated carbocycles. The van der Waals surface area contributed by atoms with Crippen LogP contribution in [0.2, 0.25) is 0 Å². The lowest BCUT2D eigenvalue weighted by Crippen LogP contribution is -2.52. The Labute approximate surface area is 188 Å². The Morgan fingerprint density at radius 3 is 2.50 bits per heavy atom. The van der Waals surface area contributed by atoms with E-state index in [4.69, 9.17) is 10.5 Å². The highest BCUT2D eigenvalue weighted by molar-refractivity contribution is 6.17. The third-order valence-electron chi connectivity index (χ3n) is 6.05. The number of likely N-dealkylation sites (N-methyl/N-ethyl adjacent to an activating group) is 1. The second-order valence-corrected chi connectivity index (χ2v) is 8.44. The Hall–Kier alpha value is -2.59. The van der Waals surface area contributed by atoms with Gasteiger partial charge in [0.1, 0.15) is 18.7 Å². The quantitative estimate of drug-likeness (QED) is 0.296. The van der Waals surface area contributed by atoms with Crippen LogP contribution in [0.1, 0.15) is 47.0 Å². The van der Waals surface area contributed by atoms with Crippen LogP contribution >= 0.6 is 0 Å². The Balaban J connectivity index is 2.02. The topological polar surface area (TPSA) is 130 Å². The number of amides is 4. The molecule has 2 N–H and O–H groups in total. The van der Waals surface area contributed by atoms with E-state index in [1.807, 2.05) is 11.8 Å². The third kappa shape index (κ3) is 5.42. The van der Waals surface area contributed by atoms with Gasteiger partial charge in [0.15, 0.2) is 0 Å². The number of ether oxygens (including phenoxy) is 1. The number of carbonyl (C=O) groups excluding carboxylic acids is 5. The summed E-state index contributed by atoms with van der Waals surface area (Å²) in [5, 5.41) is 0. The summed E-state index contributed by atoms with van der Waals surface area (Å²) >= 11 is 0. The predicted octanol–water partition coefficient (Wildman–Crippen LogP) is 0.0560. The summed E-state index contributed by atoms with van der Waals surface area (Å²) in [5.74, 6) is -3.64. The number of nitrogens with zero attached hydrogens (tertiary/aromatic N) is 3. The Bertz CT molecular complexity index is 795. The molecule has 0 aromatic heterocycles. The Kier molecular flexibility index (Phi) is 8.68. The Morgan fingerprint density at radius 2 is 1.94 bits per heavy atom. The van der Waals surface area contributed by atoms with Gasteiger partial charge in [-0.05, 0) is 46.2 Å². The van der Waals surface area contributed by atoms with E-state index in [2.05, 4.69) is 6.58 Å². The van der Waals surface area contributed by atoms with E-state index < -0.39 is 35.6 Å². The van der Waals surface area contributed by atoms with Gasteiger partial charge in [0, 0.05) is 18.5 Å². The second-order valence-electron chi connectivity index (χ2n) is 8.44. The normalized spacial score (nSPS) is 23.4. The van der Waals surface area contributed by atoms with Crippen LogP contribution in [0.5, 0.6) is 0 Å². The smallest absolute Gasteiger partial charge is 0.323 e. The summed E-state index contributed by atoms with van der Waals surface area (Å²) in [6.07, 6.45) is 1.87. The summed E-state index contributed by atoms with van der Waals surface area (Å²) in [5.41, 5.74) is 5.86. The first-order valence-corrected chi connectivity index (χ1v) is 11.1. The molecule has 10 nitrogen and oxygen atoms in total. The predicted molar refractivity (Wildman–Crippen MR) is 116 cm³/mol. The van der Waals surface area contributed by atoms with Crippen LogP contribution in [0.3, 0.4) is 0 Å². The van der Waals surface area contributed by atoms with Crippen molar-refractivity contribution in [1.29, 1.82) is 0 Å². The maximum absolute atomic E-state index is 13.0. The summed E-state index contributed by atoms with van der Waals surface area (Å²) in [4.78, 5) is 66.6. The molecule has 0 spiro atoms. The molecule has 0 aromatic rings. The molecular weight excluding hydrogens is 416 g/mol. The summed E-state index contributed by atoms with van der Waals surface area (Å²) in [6, 6.07) is -1.84. The van der Waals surface area contributed by atoms with Gasteiger partial charge < -0.3 is 10.5 Å². The average Bonchev–Trinajstić information content (AvgIpc) is 3.29. The fraction of sp³-hybridized carbons (Fsp3) is 0.682. The van der Waals surface area contributed by atoms with Crippen LogP contribution in [0.25, 0.3) is 0 Å². The van der Waals surface area contributed by atoms with Crippen LogP contribution in [-0.4, -0.2) is 88.7 Å². The largest absolute Gasteiger partial charge is 0.463 e. The van der Waals surface area contributed by atoms with Crippen molar-refractivity contribution in [2.24, 2.45) is 11.7 Å². The highest BCUT2D eigenvalue weighted by Gasteiger charge is 2.47. The monoisotopic (exact) mass is 450 g/mol. The number of nitrogens with two attached hydrogens (primary N) is 1. The molecule has 10 heteroatoms. The standard InChI is InChI=1S/C22H34N4O6/c1-6-24-9-7-8-18(24)22(31)32-11-10-25(16(5)27)20(29)15(4)26-19(28)14(3)17(21(26)30)12-13(2)23/h13,15,17-18H,3,6-12,23H2,1-2,4-5H3/t13?,15?,17?,18-/m0/s1. The zero-order chi connectivity index (χ0) is 24.2. The van der Waals surface area contributed by atoms with Gasteiger partial charge in [0.05, 0.1) is 12.5 Å². The van der Waals surface area contributed by atoms with Crippen molar-refractivity contribution < 1.29 is 28.7 Å². The maximum atomic E-state index is 13.0. The molecule has 4 atom stereocenters. The highest BCUT2D eigenvalue weighted by atomic mass is 16.5. The minimum atomic E-state index is -1.20. The lowest BCUT2D eigenvalue weighted by Gasteiger charge is -2.28. The maximum Gasteiger partial charge on any atom is 0.323 e. The first kappa shape index (κ1) is 25.7. The molecule has 3 unspecified atom stereocenters. The first-order chi connectivity index (χ1) is 15.0. The SMILES string of the molecule is C=C1C(=O)N(C(C)C(=O)N(CCOC(=O)[C@@H]2CCCN2CC)C(C)=O)C(=O)C1CC(C)N. The van der Waals surface area contributed by atoms with Crippen LogP contribution in [0.4, 0.5) is 0 Å². The number of likely N-dealkylation sites (tertiary alicyclic amines) is 2. The van der Waals surface area contributed by atoms with Crippen molar-refractivity contribution in [1.82, 2.24) is 14.7 Å². The summed E-state index contributed by atoms with van der Waals surface area (Å²) in [7, 11) is 0. The van der Waals surface area contributed by atoms with E-state index in [-0.39, 0.29) is 43.2 Å². The number of hydrogen-bond acceptors (Lipinski definition) is 8. The molecule has 2 rings (SSSR count). The van der Waals surface area contributed by atoms with Crippen molar-refractivity contribution in [3.63, 3.8) is 0 Å². The van der Waals surface area contributed by atoms with Gasteiger partial charge in [-0.15, -0.1) is 0 Å². The molecule has 2 aliphatic rings. The molecule has 178 valence electrons. The fourth-order valence-electron chi connectivity index (χ4n) is 4.27. The van der Waals surface area contributed by atoms with Gasteiger partial charge >= 0.3 is 5.97 Å². The van der Waals surface area contributed by atoms with Gasteiger partial charge in [-0.3, -0.25) is 38.7 Å². The third-order valence-corrected chi connectivity index (χ3v) is 6.05. The van der Waals surface area contributed by atoms with E-state index in [1.165, 1.54) is 13.8 Å². The summed E-state index contributed by atoms with van der Waals surface area (Å²) in [6.45, 7) is 11.2. The van der Waals surface area contributed by atoms with E-state index in [9.17, 15) is 24.0 Å². The molecule has 0 aromatic carbocycles. The zero-order valence-electron chi connectivity index (χ0n) is 19.3. The van der Waals surface area contributed by atoms with E-state index in [1.54, 1.807) is 6.92 Å². The molecule has 2 saturated heterocycles. The molecule has 0 radical (unpaired) electrons. The second kappa shape index (κ2) is 10.8. The van der Waals surface area contributed by atoms with Crippen molar-refractivity contribution >= 4 is 29.6 Å². The number of carbonyl (C=O) groups is 5. The van der Waals surface area contributed by atoms with Crippen LogP contribution in [0.15, 0.2) is 12.2 Å². The number of rotatable bonds is 9. The molecule has 2 fully saturated rings. The molecule has 2 heterocycles. The minimum absolute atomic E-state index is 0.0901. The fourth-order valence-corrected chi connectivity index (χ4v) is 4.27. The van der Waals surface area contributed by atoms with Crippen molar-refractivity contribution in [2.45, 2.75) is 65.1 Å². The van der Waals surface area contributed by atoms with Gasteiger partial charge in [0.2, 0.25) is 11.8 Å². The van der Waals surface area contributed by atoms with Crippen molar-refractivity contribution in [3.8, 4) is 0 Å². The van der Waals surface area contributed by atoms with Crippen LogP contribution < -0.4 is 5.73 Å². The van der Waals surface area contributed by atoms with Crippen molar-refractivity contribution in [3.05, 3.63) is 12.2 Å². The van der Waals surface area contributed by atoms with E-state index in [0.717, 1.165) is 29.3 Å². The van der Waals surface area contributed by atoms with Crippen molar-refractivity contribution in [2.75, 3.05) is 26.2 Å². The van der Waals surface area contributed by atoms with E-state index in [0.29, 0.717) is 6.42 Å². The van der Waals surface area contributed by atoms with E-state index >= 15 is 0 Å². The lowest BCUT2D eigenvalue weighted by molar-refractivity contribution is -0.157. The molecular formula is C22H34N4O6. The molecule has 32 heavy (non-hydrogen) atoms. The van der Waals surface area contributed by atoms with Gasteiger partial charge in [-0.2, -0.15) is 0 Å². The van der Waals surface area contributed by atoms with Gasteiger partial charge in [-0.1, -0.05) is 13.5 Å². The van der Waals surface area contributed by atoms with Crippen LogP contribution in [0, 0.1) is 5.92 Å². The molecule has 2 aliphatic heterocycles. The minimum Gasteiger partial charge on any atom is -0.463 e. The first-order valence-electron chi connectivity index (χ1n) is 11.1. The number of esters is 1. The zero-order valence-corrected chi connectivity index (χ0v) is 19.3. The van der Waals surface area contributed by atoms with Gasteiger partial charge in [0.25, 0.3) is 11.8 Å². The van der Waals surface area contributed by atoms with Gasteiger partial charge in [-0.25, -0.2) is 0 Å². The number of hydrogen-bond donors (Lipinski definition) is 1. The Morgan fingerprint density at radius 1 is 1.28 bits per heavy atom. The summed E-state index contributed by atoms with van der Waals surface area (Å²) < 4.78 is 5.31. The molecule has 0 bridgehead atoms. The molecule has 4 amide bonds. The average molecular weight is 451 g/mol. The highest BCUT2D eigenvalue weighted by Crippen LogP contribution is 2.30. The van der Waals surface area contributed by atoms with Crippen LogP contribution in [-0.2, 0) is 28.7 Å².